The highest BCUT2D eigenvalue weighted by atomic mass is 32.2. The molecule has 1 amide bonds. The van der Waals surface area contributed by atoms with E-state index in [0.717, 1.165) is 15.9 Å². The van der Waals surface area contributed by atoms with Gasteiger partial charge in [-0.25, -0.2) is 12.8 Å². The van der Waals surface area contributed by atoms with Crippen LogP contribution in [-0.2, 0) is 14.8 Å². The van der Waals surface area contributed by atoms with E-state index in [1.165, 1.54) is 19.2 Å². The molecule has 0 bridgehead atoms. The molecule has 0 heterocycles. The molecule has 0 aromatic heterocycles. The highest BCUT2D eigenvalue weighted by molar-refractivity contribution is 7.89. The van der Waals surface area contributed by atoms with Crippen molar-refractivity contribution in [3.05, 3.63) is 59.4 Å². The van der Waals surface area contributed by atoms with Crippen molar-refractivity contribution in [2.45, 2.75) is 18.7 Å². The molecule has 0 saturated carbocycles. The van der Waals surface area contributed by atoms with Crippen LogP contribution in [0.25, 0.3) is 0 Å². The van der Waals surface area contributed by atoms with Crippen molar-refractivity contribution in [2.75, 3.05) is 18.9 Å². The Morgan fingerprint density at radius 1 is 1.12 bits per heavy atom. The second kappa shape index (κ2) is 7.11. The number of amides is 1. The molecule has 2 aromatic rings. The minimum absolute atomic E-state index is 0.184. The number of anilines is 1. The largest absolute Gasteiger partial charge is 0.325 e. The van der Waals surface area contributed by atoms with E-state index in [9.17, 15) is 17.6 Å². The van der Waals surface area contributed by atoms with Crippen LogP contribution in [0.2, 0.25) is 0 Å². The Morgan fingerprint density at radius 3 is 2.33 bits per heavy atom. The molecule has 0 spiro atoms. The minimum atomic E-state index is -3.94. The Labute approximate surface area is 141 Å². The molecule has 1 N–H and O–H groups in total. The number of nitrogens with one attached hydrogen (secondary N) is 1. The number of rotatable bonds is 5. The summed E-state index contributed by atoms with van der Waals surface area (Å²) >= 11 is 0. The lowest BCUT2D eigenvalue weighted by Crippen LogP contribution is -2.35. The molecule has 5 nitrogen and oxygen atoms in total. The third-order valence-electron chi connectivity index (χ3n) is 3.55. The van der Waals surface area contributed by atoms with Gasteiger partial charge in [-0.3, -0.25) is 4.79 Å². The van der Waals surface area contributed by atoms with E-state index >= 15 is 0 Å². The minimum Gasteiger partial charge on any atom is -0.325 e. The van der Waals surface area contributed by atoms with Crippen molar-refractivity contribution in [3.8, 4) is 0 Å². The first kappa shape index (κ1) is 18.1. The number of hydrogen-bond donors (Lipinski definition) is 1. The number of hydrogen-bond acceptors (Lipinski definition) is 3. The number of carbonyl (C=O) groups is 1. The highest BCUT2D eigenvalue weighted by Gasteiger charge is 2.23. The second-order valence-corrected chi connectivity index (χ2v) is 7.63. The molecule has 7 heteroatoms. The van der Waals surface area contributed by atoms with Gasteiger partial charge in [-0.15, -0.1) is 0 Å². The fourth-order valence-electron chi connectivity index (χ4n) is 2.04. The van der Waals surface area contributed by atoms with E-state index < -0.39 is 21.7 Å². The number of aryl methyl sites for hydroxylation is 2. The molecular formula is C17H19FN2O3S. The maximum Gasteiger partial charge on any atom is 0.243 e. The van der Waals surface area contributed by atoms with Crippen LogP contribution in [0.1, 0.15) is 11.1 Å². The lowest BCUT2D eigenvalue weighted by atomic mass is 10.2. The van der Waals surface area contributed by atoms with Crippen LogP contribution in [0, 0.1) is 19.7 Å². The second-order valence-electron chi connectivity index (χ2n) is 5.59. The van der Waals surface area contributed by atoms with Crippen molar-refractivity contribution in [1.29, 1.82) is 0 Å². The van der Waals surface area contributed by atoms with Crippen molar-refractivity contribution < 1.29 is 17.6 Å². The first-order chi connectivity index (χ1) is 11.2. The summed E-state index contributed by atoms with van der Waals surface area (Å²) in [5.74, 6) is -1.08. The van der Waals surface area contributed by atoms with E-state index in [1.807, 2.05) is 19.1 Å². The number of likely N-dealkylation sites (N-methyl/N-ethyl adjacent to an activating group) is 1. The van der Waals surface area contributed by atoms with E-state index in [-0.39, 0.29) is 11.4 Å². The quantitative estimate of drug-likeness (QED) is 0.902. The average molecular weight is 350 g/mol. The lowest BCUT2D eigenvalue weighted by molar-refractivity contribution is -0.116. The number of carbonyl (C=O) groups excluding carboxylic acids is 1. The van der Waals surface area contributed by atoms with E-state index in [4.69, 9.17) is 0 Å². The zero-order chi connectivity index (χ0) is 17.9. The summed E-state index contributed by atoms with van der Waals surface area (Å²) in [4.78, 5) is 11.8. The van der Waals surface area contributed by atoms with Gasteiger partial charge in [-0.2, -0.15) is 4.31 Å². The Bertz CT molecular complexity index is 849. The number of sulfonamides is 1. The Hall–Kier alpha value is -2.25. The standard InChI is InChI=1S/C17H19FN2O3S/c1-12-4-7-14(8-5-12)19-17(21)11-20(3)24(22,23)15-9-6-13(2)16(18)10-15/h4-10H,11H2,1-3H3,(H,19,21). The third kappa shape index (κ3) is 4.18. The summed E-state index contributed by atoms with van der Waals surface area (Å²) in [5.41, 5.74) is 1.99. The molecule has 0 radical (unpaired) electrons. The predicted molar refractivity (Wildman–Crippen MR) is 90.8 cm³/mol. The highest BCUT2D eigenvalue weighted by Crippen LogP contribution is 2.18. The number of benzene rings is 2. The fraction of sp³-hybridized carbons (Fsp3) is 0.235. The Morgan fingerprint density at radius 2 is 1.75 bits per heavy atom. The van der Waals surface area contributed by atoms with Crippen LogP contribution >= 0.6 is 0 Å². The molecular weight excluding hydrogens is 331 g/mol. The van der Waals surface area contributed by atoms with Crippen LogP contribution in [0.4, 0.5) is 10.1 Å². The van der Waals surface area contributed by atoms with Crippen LogP contribution in [0.3, 0.4) is 0 Å². The molecule has 128 valence electrons. The molecule has 0 unspecified atom stereocenters. The van der Waals surface area contributed by atoms with Gasteiger partial charge in [0.1, 0.15) is 5.82 Å². The van der Waals surface area contributed by atoms with E-state index in [2.05, 4.69) is 5.32 Å². The Balaban J connectivity index is 2.09. The molecule has 0 aliphatic rings. The van der Waals surface area contributed by atoms with E-state index in [0.29, 0.717) is 11.3 Å². The summed E-state index contributed by atoms with van der Waals surface area (Å²) in [5, 5.41) is 2.62. The summed E-state index contributed by atoms with van der Waals surface area (Å²) in [6.07, 6.45) is 0. The van der Waals surface area contributed by atoms with Gasteiger partial charge >= 0.3 is 0 Å². The molecule has 2 aromatic carbocycles. The summed E-state index contributed by atoms with van der Waals surface area (Å²) in [7, 11) is -2.66. The Kier molecular flexibility index (Phi) is 5.36. The molecule has 0 aliphatic carbocycles. The zero-order valence-corrected chi connectivity index (χ0v) is 14.5. The first-order valence-electron chi connectivity index (χ1n) is 7.29. The molecule has 0 aliphatic heterocycles. The van der Waals surface area contributed by atoms with Crippen LogP contribution in [0.5, 0.6) is 0 Å². The summed E-state index contributed by atoms with van der Waals surface area (Å²) in [6.45, 7) is 3.10. The van der Waals surface area contributed by atoms with Crippen molar-refractivity contribution in [3.63, 3.8) is 0 Å². The number of nitrogens with zero attached hydrogens (tertiary/aromatic N) is 1. The summed E-state index contributed by atoms with van der Waals surface area (Å²) < 4.78 is 39.3. The number of halogens is 1. The van der Waals surface area contributed by atoms with E-state index in [1.54, 1.807) is 19.1 Å². The van der Waals surface area contributed by atoms with Crippen LogP contribution in [-0.4, -0.2) is 32.2 Å². The zero-order valence-electron chi connectivity index (χ0n) is 13.7. The van der Waals surface area contributed by atoms with Gasteiger partial charge in [-0.1, -0.05) is 23.8 Å². The monoisotopic (exact) mass is 350 g/mol. The normalized spacial score (nSPS) is 11.5. The van der Waals surface area contributed by atoms with Gasteiger partial charge in [0.05, 0.1) is 11.4 Å². The van der Waals surface area contributed by atoms with Gasteiger partial charge < -0.3 is 5.32 Å². The van der Waals surface area contributed by atoms with Gasteiger partial charge in [0.2, 0.25) is 15.9 Å². The molecule has 0 saturated heterocycles. The van der Waals surface area contributed by atoms with Gasteiger partial charge in [0.15, 0.2) is 0 Å². The van der Waals surface area contributed by atoms with Crippen LogP contribution < -0.4 is 5.32 Å². The molecule has 2 rings (SSSR count). The van der Waals surface area contributed by atoms with Crippen molar-refractivity contribution in [1.82, 2.24) is 4.31 Å². The maximum atomic E-state index is 13.6. The smallest absolute Gasteiger partial charge is 0.243 e. The predicted octanol–water partition coefficient (Wildman–Crippen LogP) is 2.70. The van der Waals surface area contributed by atoms with Crippen LogP contribution in [0.15, 0.2) is 47.4 Å². The summed E-state index contributed by atoms with van der Waals surface area (Å²) in [6, 6.07) is 10.8. The van der Waals surface area contributed by atoms with Gasteiger partial charge in [0.25, 0.3) is 0 Å². The third-order valence-corrected chi connectivity index (χ3v) is 5.35. The topological polar surface area (TPSA) is 66.5 Å². The van der Waals surface area contributed by atoms with Gasteiger partial charge in [-0.05, 0) is 43.7 Å². The molecule has 0 atom stereocenters. The van der Waals surface area contributed by atoms with Crippen molar-refractivity contribution in [2.24, 2.45) is 0 Å². The van der Waals surface area contributed by atoms with Crippen molar-refractivity contribution >= 4 is 21.6 Å². The first-order valence-corrected chi connectivity index (χ1v) is 8.73. The van der Waals surface area contributed by atoms with Gasteiger partial charge in [0, 0.05) is 12.7 Å². The fourth-order valence-corrected chi connectivity index (χ4v) is 3.18. The molecule has 24 heavy (non-hydrogen) atoms. The lowest BCUT2D eigenvalue weighted by Gasteiger charge is -2.17. The molecule has 0 fully saturated rings. The SMILES string of the molecule is Cc1ccc(NC(=O)CN(C)S(=O)(=O)c2ccc(C)c(F)c2)cc1. The maximum absolute atomic E-state index is 13.6. The average Bonchev–Trinajstić information content (AvgIpc) is 2.52.